The van der Waals surface area contributed by atoms with E-state index in [-0.39, 0.29) is 0 Å². The fourth-order valence-corrected chi connectivity index (χ4v) is 3.68. The second kappa shape index (κ2) is 8.02. The largest absolute Gasteiger partial charge is 0.381 e. The third-order valence-corrected chi connectivity index (χ3v) is 4.96. The molecule has 1 heterocycles. The molecule has 4 heteroatoms. The monoisotopic (exact) mass is 243 g/mol. The van der Waals surface area contributed by atoms with Gasteiger partial charge < -0.3 is 4.74 Å². The predicted molar refractivity (Wildman–Crippen MR) is 71.5 cm³/mol. The fraction of sp³-hybridized carbons (Fsp3) is 0.545. The minimum Gasteiger partial charge on any atom is -0.381 e. The molecule has 1 fully saturated rings. The zero-order valence-corrected chi connectivity index (χ0v) is 10.6. The Morgan fingerprint density at radius 1 is 1.47 bits per heavy atom. The van der Waals surface area contributed by atoms with E-state index in [2.05, 4.69) is 11.6 Å². The lowest BCUT2D eigenvalue weighted by Crippen LogP contribution is -2.16. The number of ether oxygens (including phenoxy) is 1. The maximum atomic E-state index is 5.32. The molecule has 0 saturated carbocycles. The minimum absolute atomic E-state index is 0.706. The van der Waals surface area contributed by atoms with Gasteiger partial charge in [-0.1, -0.05) is 29.5 Å². The molecule has 15 heavy (non-hydrogen) atoms. The summed E-state index contributed by atoms with van der Waals surface area (Å²) in [6.45, 7) is 7.42. The molecule has 0 aliphatic carbocycles. The van der Waals surface area contributed by atoms with E-state index >= 15 is 0 Å². The van der Waals surface area contributed by atoms with Crippen LogP contribution in [0.5, 0.6) is 0 Å². The first-order chi connectivity index (χ1) is 7.36. The molecular weight excluding hydrogens is 226 g/mol. The standard InChI is InChI=1S/C11H17NOS2/c1-3-7-12-11(4-2)15-14-10-5-8-13-9-6-10/h3-4,7,10H,1,5-6,8-9H2,2H3/b11-4+,12-7-. The van der Waals surface area contributed by atoms with Gasteiger partial charge in [0.1, 0.15) is 5.03 Å². The number of hydrogen-bond acceptors (Lipinski definition) is 4. The van der Waals surface area contributed by atoms with Gasteiger partial charge >= 0.3 is 0 Å². The first-order valence-corrected chi connectivity index (χ1v) is 7.30. The van der Waals surface area contributed by atoms with Crippen LogP contribution in [0.2, 0.25) is 0 Å². The van der Waals surface area contributed by atoms with Gasteiger partial charge in [-0.05, 0) is 30.6 Å². The maximum Gasteiger partial charge on any atom is 0.102 e. The molecule has 0 spiro atoms. The first-order valence-electron chi connectivity index (χ1n) is 5.09. The van der Waals surface area contributed by atoms with Gasteiger partial charge in [0.05, 0.1) is 0 Å². The molecule has 0 amide bonds. The number of aliphatic imine (C=N–C) groups is 1. The van der Waals surface area contributed by atoms with Gasteiger partial charge in [-0.25, -0.2) is 4.99 Å². The Kier molecular flexibility index (Phi) is 6.88. The van der Waals surface area contributed by atoms with E-state index in [4.69, 9.17) is 4.74 Å². The van der Waals surface area contributed by atoms with Gasteiger partial charge in [0.25, 0.3) is 0 Å². The highest BCUT2D eigenvalue weighted by atomic mass is 33.1. The third kappa shape index (κ3) is 5.44. The molecule has 0 radical (unpaired) electrons. The van der Waals surface area contributed by atoms with Crippen LogP contribution in [0.4, 0.5) is 0 Å². The molecule has 1 aliphatic heterocycles. The number of rotatable bonds is 5. The Morgan fingerprint density at radius 3 is 2.80 bits per heavy atom. The van der Waals surface area contributed by atoms with Crippen molar-refractivity contribution in [1.29, 1.82) is 0 Å². The van der Waals surface area contributed by atoms with Gasteiger partial charge in [-0.3, -0.25) is 0 Å². The van der Waals surface area contributed by atoms with E-state index in [9.17, 15) is 0 Å². The summed E-state index contributed by atoms with van der Waals surface area (Å²) in [4.78, 5) is 4.27. The second-order valence-electron chi connectivity index (χ2n) is 3.13. The van der Waals surface area contributed by atoms with Crippen LogP contribution in [0.3, 0.4) is 0 Å². The predicted octanol–water partition coefficient (Wildman–Crippen LogP) is 3.66. The van der Waals surface area contributed by atoms with Crippen LogP contribution in [0.15, 0.2) is 28.8 Å². The van der Waals surface area contributed by atoms with Crippen molar-refractivity contribution in [3.05, 3.63) is 23.8 Å². The van der Waals surface area contributed by atoms with Gasteiger partial charge in [-0.2, -0.15) is 0 Å². The lowest BCUT2D eigenvalue weighted by molar-refractivity contribution is 0.100. The molecule has 84 valence electrons. The molecule has 1 aliphatic rings. The average molecular weight is 243 g/mol. The van der Waals surface area contributed by atoms with Crippen molar-refractivity contribution >= 4 is 27.8 Å². The molecular formula is C11H17NOS2. The molecule has 1 rings (SSSR count). The van der Waals surface area contributed by atoms with Gasteiger partial charge in [-0.15, -0.1) is 0 Å². The second-order valence-corrected chi connectivity index (χ2v) is 5.65. The molecule has 1 saturated heterocycles. The highest BCUT2D eigenvalue weighted by Gasteiger charge is 2.14. The summed E-state index contributed by atoms with van der Waals surface area (Å²) in [5, 5.41) is 1.75. The Hall–Kier alpha value is -0.190. The summed E-state index contributed by atoms with van der Waals surface area (Å²) in [5.74, 6) is 0. The quantitative estimate of drug-likeness (QED) is 0.543. The van der Waals surface area contributed by atoms with E-state index in [0.29, 0.717) is 5.25 Å². The van der Waals surface area contributed by atoms with E-state index in [1.165, 1.54) is 0 Å². The molecule has 0 aromatic rings. The SMILES string of the molecule is C=C/C=N\C(=C/C)SSC1CCOCC1. The summed E-state index contributed by atoms with van der Waals surface area (Å²) in [7, 11) is 3.65. The molecule has 2 nitrogen and oxygen atoms in total. The fourth-order valence-electron chi connectivity index (χ4n) is 1.16. The highest BCUT2D eigenvalue weighted by Crippen LogP contribution is 2.37. The summed E-state index contributed by atoms with van der Waals surface area (Å²) < 4.78 is 5.32. The van der Waals surface area contributed by atoms with Crippen LogP contribution >= 0.6 is 21.6 Å². The number of hydrogen-bond donors (Lipinski definition) is 0. The maximum absolute atomic E-state index is 5.32. The Bertz CT molecular complexity index is 245. The lowest BCUT2D eigenvalue weighted by Gasteiger charge is -2.20. The third-order valence-electron chi connectivity index (χ3n) is 1.99. The topological polar surface area (TPSA) is 21.6 Å². The van der Waals surface area contributed by atoms with Crippen molar-refractivity contribution in [3.8, 4) is 0 Å². The Balaban J connectivity index is 2.27. The molecule has 0 bridgehead atoms. The van der Waals surface area contributed by atoms with Crippen molar-refractivity contribution in [1.82, 2.24) is 0 Å². The van der Waals surface area contributed by atoms with E-state index in [0.717, 1.165) is 31.1 Å². The van der Waals surface area contributed by atoms with Crippen LogP contribution in [0.25, 0.3) is 0 Å². The average Bonchev–Trinajstić information content (AvgIpc) is 2.31. The lowest BCUT2D eigenvalue weighted by atomic mass is 10.2. The minimum atomic E-state index is 0.706. The van der Waals surface area contributed by atoms with Crippen LogP contribution in [-0.4, -0.2) is 24.7 Å². The highest BCUT2D eigenvalue weighted by molar-refractivity contribution is 8.78. The Morgan fingerprint density at radius 2 is 2.20 bits per heavy atom. The zero-order chi connectivity index (χ0) is 10.9. The van der Waals surface area contributed by atoms with Crippen molar-refractivity contribution in [2.24, 2.45) is 4.99 Å². The smallest absolute Gasteiger partial charge is 0.102 e. The molecule has 0 aromatic carbocycles. The molecule has 0 N–H and O–H groups in total. The van der Waals surface area contributed by atoms with E-state index in [1.54, 1.807) is 23.1 Å². The number of allylic oxidation sites excluding steroid dienone is 2. The number of nitrogens with zero attached hydrogens (tertiary/aromatic N) is 1. The summed E-state index contributed by atoms with van der Waals surface area (Å²) >= 11 is 0. The van der Waals surface area contributed by atoms with Crippen molar-refractivity contribution in [2.45, 2.75) is 25.0 Å². The van der Waals surface area contributed by atoms with Crippen molar-refractivity contribution in [3.63, 3.8) is 0 Å². The van der Waals surface area contributed by atoms with Gasteiger partial charge in [0, 0.05) is 24.7 Å². The van der Waals surface area contributed by atoms with Crippen LogP contribution in [-0.2, 0) is 4.74 Å². The van der Waals surface area contributed by atoms with Crippen LogP contribution in [0, 0.1) is 0 Å². The normalized spacial score (nSPS) is 19.7. The van der Waals surface area contributed by atoms with Gasteiger partial charge in [0.2, 0.25) is 0 Å². The first kappa shape index (κ1) is 12.9. The van der Waals surface area contributed by atoms with Crippen LogP contribution in [0.1, 0.15) is 19.8 Å². The van der Waals surface area contributed by atoms with Crippen molar-refractivity contribution < 1.29 is 4.74 Å². The summed E-state index contributed by atoms with van der Waals surface area (Å²) in [6.07, 6.45) is 7.76. The summed E-state index contributed by atoms with van der Waals surface area (Å²) in [6, 6.07) is 0. The zero-order valence-electron chi connectivity index (χ0n) is 9.02. The molecule has 0 aromatic heterocycles. The summed E-state index contributed by atoms with van der Waals surface area (Å²) in [5.41, 5.74) is 0. The molecule has 0 unspecified atom stereocenters. The Labute approximate surface area is 99.7 Å². The van der Waals surface area contributed by atoms with Crippen LogP contribution < -0.4 is 0 Å². The van der Waals surface area contributed by atoms with E-state index in [1.807, 2.05) is 23.8 Å². The van der Waals surface area contributed by atoms with Gasteiger partial charge in [0.15, 0.2) is 0 Å². The van der Waals surface area contributed by atoms with Crippen molar-refractivity contribution in [2.75, 3.05) is 13.2 Å². The van der Waals surface area contributed by atoms with E-state index < -0.39 is 0 Å². The molecule has 0 atom stereocenters.